The number of Topliss-reactive ketones (excluding diaryl/α,β-unsaturated/α-hetero) is 2. The van der Waals surface area contributed by atoms with Crippen LogP contribution >= 0.6 is 0 Å². The van der Waals surface area contributed by atoms with Crippen molar-refractivity contribution in [2.24, 2.45) is 29.6 Å². The van der Waals surface area contributed by atoms with Crippen LogP contribution in [0.2, 0.25) is 0 Å². The number of esters is 1. The zero-order valence-corrected chi connectivity index (χ0v) is 36.8. The SMILES string of the molecule is CCC1/C=C(\C)CC(C)CC(OC)C2OC(O)(C(=O)C(=O)N3CCCCC3C(=O)OC(C(C)=CC3CCC(OCC(=O)O)C(OC)C3)C(C)CCC1=O)C(C)CC2OC. The molecule has 3 heterocycles. The number of carbonyl (C=O) groups excluding carboxylic acids is 4. The second kappa shape index (κ2) is 22.2. The molecule has 4 rings (SSSR count). The van der Waals surface area contributed by atoms with Crippen LogP contribution in [0.4, 0.5) is 0 Å². The number of amides is 1. The summed E-state index contributed by atoms with van der Waals surface area (Å²) >= 11 is 0. The molecular weight excluding hydrogens is 762 g/mol. The van der Waals surface area contributed by atoms with E-state index in [0.717, 1.165) is 11.1 Å². The lowest BCUT2D eigenvalue weighted by molar-refractivity contribution is -0.302. The molecule has 1 aliphatic carbocycles. The van der Waals surface area contributed by atoms with Gasteiger partial charge in [0.05, 0.1) is 24.4 Å². The standard InChI is InChI=1S/C45H71NO13/c1-10-32-20-26(2)19-27(3)21-37(55-8)41-38(56-9)23-30(6)45(53,59-41)42(50)43(51)46-18-12-11-13-33(46)44(52)58-40(28(4)14-16-34(32)47)29(5)22-31-15-17-35(36(24-31)54-7)57-25-39(48)49/h20,22,27-28,30-33,35-38,40-41,53H,10-19,21,23-25H2,1-9H3,(H,48,49)/b26-20+,29-22?. The van der Waals surface area contributed by atoms with E-state index >= 15 is 0 Å². The molecule has 2 saturated heterocycles. The molecule has 334 valence electrons. The number of piperidine rings is 1. The summed E-state index contributed by atoms with van der Waals surface area (Å²) in [5.74, 6) is -7.52. The number of fused-ring (bicyclic) bond motifs is 3. The fourth-order valence-corrected chi connectivity index (χ4v) is 9.75. The number of carboxylic acids is 1. The van der Waals surface area contributed by atoms with E-state index in [-0.39, 0.29) is 67.5 Å². The van der Waals surface area contributed by atoms with Crippen LogP contribution in [0.15, 0.2) is 23.3 Å². The minimum atomic E-state index is -2.49. The Kier molecular flexibility index (Phi) is 18.3. The summed E-state index contributed by atoms with van der Waals surface area (Å²) in [6.45, 7) is 11.3. The second-order valence-electron chi connectivity index (χ2n) is 17.7. The molecule has 13 unspecified atom stereocenters. The topological polar surface area (TPSA) is 184 Å². The third kappa shape index (κ3) is 12.3. The Morgan fingerprint density at radius 1 is 0.932 bits per heavy atom. The maximum atomic E-state index is 14.3. The van der Waals surface area contributed by atoms with Crippen molar-refractivity contribution in [3.05, 3.63) is 23.3 Å². The normalized spacial score (nSPS) is 38.7. The Hall–Kier alpha value is -3.01. The van der Waals surface area contributed by atoms with Crippen molar-refractivity contribution in [3.8, 4) is 0 Å². The first kappa shape index (κ1) is 48.7. The Morgan fingerprint density at radius 2 is 1.61 bits per heavy atom. The van der Waals surface area contributed by atoms with Crippen molar-refractivity contribution in [2.75, 3.05) is 34.5 Å². The van der Waals surface area contributed by atoms with Gasteiger partial charge in [-0.15, -0.1) is 0 Å². The number of cyclic esters (lactones) is 1. The van der Waals surface area contributed by atoms with E-state index in [1.165, 1.54) is 4.90 Å². The van der Waals surface area contributed by atoms with Gasteiger partial charge in [0.2, 0.25) is 5.79 Å². The number of hydrogen-bond acceptors (Lipinski definition) is 12. The van der Waals surface area contributed by atoms with Crippen molar-refractivity contribution in [3.63, 3.8) is 0 Å². The first-order valence-corrected chi connectivity index (χ1v) is 21.7. The van der Waals surface area contributed by atoms with Crippen LogP contribution in [0.3, 0.4) is 0 Å². The maximum Gasteiger partial charge on any atom is 0.329 e. The number of ketones is 2. The quantitative estimate of drug-likeness (QED) is 0.166. The third-order valence-corrected chi connectivity index (χ3v) is 13.2. The Labute approximate surface area is 350 Å². The van der Waals surface area contributed by atoms with Crippen molar-refractivity contribution < 1.29 is 62.6 Å². The molecule has 0 radical (unpaired) electrons. The fourth-order valence-electron chi connectivity index (χ4n) is 9.75. The highest BCUT2D eigenvalue weighted by Gasteiger charge is 2.56. The molecule has 14 heteroatoms. The molecule has 0 aromatic carbocycles. The molecule has 1 amide bonds. The molecule has 2 bridgehead atoms. The molecule has 0 aromatic heterocycles. The Balaban J connectivity index is 1.71. The summed E-state index contributed by atoms with van der Waals surface area (Å²) in [5.41, 5.74) is 1.85. The summed E-state index contributed by atoms with van der Waals surface area (Å²) in [6.07, 6.45) is 6.77. The van der Waals surface area contributed by atoms with Gasteiger partial charge in [0, 0.05) is 46.1 Å². The van der Waals surface area contributed by atoms with Gasteiger partial charge in [0.15, 0.2) is 0 Å². The highest BCUT2D eigenvalue weighted by atomic mass is 16.7. The molecule has 0 aromatic rings. The Morgan fingerprint density at radius 3 is 2.25 bits per heavy atom. The summed E-state index contributed by atoms with van der Waals surface area (Å²) < 4.78 is 35.7. The second-order valence-corrected chi connectivity index (χ2v) is 17.7. The highest BCUT2D eigenvalue weighted by molar-refractivity contribution is 6.39. The zero-order valence-electron chi connectivity index (χ0n) is 36.8. The van der Waals surface area contributed by atoms with Crippen LogP contribution < -0.4 is 0 Å². The molecular formula is C45H71NO13. The van der Waals surface area contributed by atoms with Crippen LogP contribution in [-0.2, 0) is 52.4 Å². The van der Waals surface area contributed by atoms with Gasteiger partial charge in [-0.25, -0.2) is 9.59 Å². The first-order valence-electron chi connectivity index (χ1n) is 21.7. The van der Waals surface area contributed by atoms with Gasteiger partial charge >= 0.3 is 11.9 Å². The molecule has 59 heavy (non-hydrogen) atoms. The van der Waals surface area contributed by atoms with E-state index in [4.69, 9.17) is 33.5 Å². The lowest BCUT2D eigenvalue weighted by Crippen LogP contribution is -2.64. The van der Waals surface area contributed by atoms with Gasteiger partial charge in [0.1, 0.15) is 30.6 Å². The molecule has 0 spiro atoms. The van der Waals surface area contributed by atoms with Crippen LogP contribution in [0, 0.1) is 29.6 Å². The summed E-state index contributed by atoms with van der Waals surface area (Å²) in [4.78, 5) is 69.0. The van der Waals surface area contributed by atoms with E-state index < -0.39 is 72.4 Å². The third-order valence-electron chi connectivity index (χ3n) is 13.2. The van der Waals surface area contributed by atoms with Crippen LogP contribution in [0.25, 0.3) is 0 Å². The largest absolute Gasteiger partial charge is 0.480 e. The van der Waals surface area contributed by atoms with E-state index in [9.17, 15) is 29.1 Å². The van der Waals surface area contributed by atoms with Gasteiger partial charge < -0.3 is 43.5 Å². The number of carboxylic acid groups (broad SMARTS) is 1. The number of hydrogen-bond donors (Lipinski definition) is 2. The minimum Gasteiger partial charge on any atom is -0.480 e. The lowest BCUT2D eigenvalue weighted by atomic mass is 9.82. The fraction of sp³-hybridized carbons (Fsp3) is 0.800. The number of aliphatic hydroxyl groups is 1. The van der Waals surface area contributed by atoms with Crippen molar-refractivity contribution >= 4 is 29.4 Å². The lowest BCUT2D eigenvalue weighted by Gasteiger charge is -2.47. The number of aliphatic carboxylic acids is 1. The monoisotopic (exact) mass is 833 g/mol. The molecule has 3 fully saturated rings. The van der Waals surface area contributed by atoms with Gasteiger partial charge in [0.25, 0.3) is 11.7 Å². The predicted molar refractivity (Wildman–Crippen MR) is 218 cm³/mol. The number of nitrogens with zero attached hydrogens (tertiary/aromatic N) is 1. The van der Waals surface area contributed by atoms with Gasteiger partial charge in [-0.1, -0.05) is 45.4 Å². The van der Waals surface area contributed by atoms with Crippen molar-refractivity contribution in [2.45, 2.75) is 167 Å². The van der Waals surface area contributed by atoms with Crippen LogP contribution in [0.1, 0.15) is 119 Å². The maximum absolute atomic E-state index is 14.3. The first-order chi connectivity index (χ1) is 28.0. The number of ether oxygens (including phenoxy) is 6. The zero-order chi connectivity index (χ0) is 43.6. The summed E-state index contributed by atoms with van der Waals surface area (Å²) in [7, 11) is 4.66. The van der Waals surface area contributed by atoms with Gasteiger partial charge in [-0.3, -0.25) is 14.4 Å². The van der Waals surface area contributed by atoms with Crippen LogP contribution in [0.5, 0.6) is 0 Å². The van der Waals surface area contributed by atoms with Crippen molar-refractivity contribution in [1.29, 1.82) is 0 Å². The minimum absolute atomic E-state index is 0.0186. The molecule has 2 N–H and O–H groups in total. The van der Waals surface area contributed by atoms with E-state index in [2.05, 4.69) is 19.1 Å². The summed E-state index contributed by atoms with van der Waals surface area (Å²) in [6, 6.07) is -1.08. The van der Waals surface area contributed by atoms with Gasteiger partial charge in [-0.2, -0.15) is 0 Å². The average molecular weight is 834 g/mol. The number of rotatable bonds is 9. The number of carbonyl (C=O) groups is 5. The van der Waals surface area contributed by atoms with E-state index in [1.807, 2.05) is 27.7 Å². The molecule has 14 nitrogen and oxygen atoms in total. The number of allylic oxidation sites excluding steroid dienone is 3. The van der Waals surface area contributed by atoms with E-state index in [1.54, 1.807) is 28.3 Å². The molecule has 1 saturated carbocycles. The molecule has 3 aliphatic heterocycles. The van der Waals surface area contributed by atoms with Crippen LogP contribution in [-0.4, -0.2) is 127 Å². The smallest absolute Gasteiger partial charge is 0.329 e. The average Bonchev–Trinajstić information content (AvgIpc) is 3.21. The van der Waals surface area contributed by atoms with E-state index in [0.29, 0.717) is 57.8 Å². The van der Waals surface area contributed by atoms with Gasteiger partial charge in [-0.05, 0) is 108 Å². The predicted octanol–water partition coefficient (Wildman–Crippen LogP) is 5.61. The molecule has 4 aliphatic rings. The summed E-state index contributed by atoms with van der Waals surface area (Å²) in [5, 5.41) is 21.2. The highest BCUT2D eigenvalue weighted by Crippen LogP contribution is 2.39. The van der Waals surface area contributed by atoms with Crippen molar-refractivity contribution in [1.82, 2.24) is 4.90 Å². The Bertz CT molecular complexity index is 1530. The molecule has 13 atom stereocenters. The number of methoxy groups -OCH3 is 3.